The van der Waals surface area contributed by atoms with Crippen LogP contribution in [0.25, 0.3) is 21.5 Å². The molecule has 0 bridgehead atoms. The zero-order valence-corrected chi connectivity index (χ0v) is 23.1. The summed E-state index contributed by atoms with van der Waals surface area (Å²) >= 11 is 0. The van der Waals surface area contributed by atoms with Crippen LogP contribution in [-0.2, 0) is 30.3 Å². The van der Waals surface area contributed by atoms with Crippen molar-refractivity contribution in [3.63, 3.8) is 0 Å². The maximum Gasteiger partial charge on any atom is 0.338 e. The Morgan fingerprint density at radius 1 is 0.550 bits per heavy atom. The lowest BCUT2D eigenvalue weighted by atomic mass is 9.99. The van der Waals surface area contributed by atoms with Gasteiger partial charge in [-0.1, -0.05) is 54.6 Å². The van der Waals surface area contributed by atoms with Crippen molar-refractivity contribution in [2.24, 2.45) is 0 Å². The molecule has 0 aromatic heterocycles. The Hall–Kier alpha value is -3.69. The summed E-state index contributed by atoms with van der Waals surface area (Å²) < 4.78 is 39.0. The summed E-state index contributed by atoms with van der Waals surface area (Å²) in [5.41, 5.74) is 1.57. The van der Waals surface area contributed by atoms with Crippen LogP contribution in [0.3, 0.4) is 0 Å². The van der Waals surface area contributed by atoms with Gasteiger partial charge in [-0.2, -0.15) is 0 Å². The van der Waals surface area contributed by atoms with E-state index < -0.39 is 0 Å². The molecule has 0 unspecified atom stereocenters. The first-order valence-electron chi connectivity index (χ1n) is 13.3. The Balaban J connectivity index is 1.07. The van der Waals surface area contributed by atoms with Gasteiger partial charge in [-0.05, 0) is 23.8 Å². The van der Waals surface area contributed by atoms with Crippen molar-refractivity contribution in [2.45, 2.75) is 6.61 Å². The molecular formula is C32H36O8. The van der Waals surface area contributed by atoms with E-state index in [4.69, 9.17) is 33.2 Å². The van der Waals surface area contributed by atoms with Crippen LogP contribution in [0.4, 0.5) is 0 Å². The van der Waals surface area contributed by atoms with Crippen molar-refractivity contribution in [3.05, 3.63) is 83.9 Å². The smallest absolute Gasteiger partial charge is 0.338 e. The quantitative estimate of drug-likeness (QED) is 0.0981. The monoisotopic (exact) mass is 548 g/mol. The van der Waals surface area contributed by atoms with E-state index in [0.29, 0.717) is 58.4 Å². The van der Waals surface area contributed by atoms with E-state index in [-0.39, 0.29) is 12.6 Å². The summed E-state index contributed by atoms with van der Waals surface area (Å²) in [7, 11) is 3.38. The first-order valence-corrected chi connectivity index (χ1v) is 13.3. The Bertz CT molecular complexity index is 1360. The van der Waals surface area contributed by atoms with Gasteiger partial charge in [0.25, 0.3) is 0 Å². The van der Waals surface area contributed by atoms with Gasteiger partial charge in [0.2, 0.25) is 0 Å². The van der Waals surface area contributed by atoms with Crippen LogP contribution in [0.1, 0.15) is 15.9 Å². The van der Waals surface area contributed by atoms with E-state index in [1.54, 1.807) is 38.5 Å². The third-order valence-corrected chi connectivity index (χ3v) is 6.25. The molecule has 0 heterocycles. The van der Waals surface area contributed by atoms with Crippen LogP contribution in [0.15, 0.2) is 72.8 Å². The molecule has 0 atom stereocenters. The Morgan fingerprint density at radius 3 is 1.65 bits per heavy atom. The van der Waals surface area contributed by atoms with Crippen molar-refractivity contribution in [2.75, 3.05) is 67.1 Å². The molecule has 0 aliphatic carbocycles. The minimum atomic E-state index is -0.353. The molecule has 40 heavy (non-hydrogen) atoms. The standard InChI is InChI=1S/C32H36O8/c1-34-30-26-10-6-7-11-27(26)31(35-2)29-22-24(12-13-28(29)30)23-39-19-18-37-15-14-36-16-17-38-20-21-40-32(33)25-8-4-3-5-9-25/h3-13,22H,14-21,23H2,1-2H3. The maximum atomic E-state index is 11.8. The van der Waals surface area contributed by atoms with Crippen molar-refractivity contribution in [3.8, 4) is 11.5 Å². The zero-order valence-electron chi connectivity index (χ0n) is 23.1. The van der Waals surface area contributed by atoms with Gasteiger partial charge >= 0.3 is 5.97 Å². The molecule has 4 aromatic rings. The molecule has 0 aliphatic rings. The highest BCUT2D eigenvalue weighted by Gasteiger charge is 2.15. The Morgan fingerprint density at radius 2 is 1.05 bits per heavy atom. The van der Waals surface area contributed by atoms with Gasteiger partial charge in [0.15, 0.2) is 0 Å². The first-order chi connectivity index (χ1) is 19.7. The summed E-state index contributed by atoms with van der Waals surface area (Å²) in [4.78, 5) is 11.8. The molecule has 8 heteroatoms. The molecule has 0 saturated heterocycles. The summed E-state index contributed by atoms with van der Waals surface area (Å²) in [6.45, 7) is 3.74. The van der Waals surface area contributed by atoms with Crippen molar-refractivity contribution in [1.29, 1.82) is 0 Å². The summed E-state index contributed by atoms with van der Waals surface area (Å²) in [5.74, 6) is 1.31. The average molecular weight is 549 g/mol. The van der Waals surface area contributed by atoms with Crippen molar-refractivity contribution < 1.29 is 38.0 Å². The normalized spacial score (nSPS) is 11.2. The van der Waals surface area contributed by atoms with E-state index >= 15 is 0 Å². The predicted molar refractivity (Wildman–Crippen MR) is 153 cm³/mol. The molecule has 0 radical (unpaired) electrons. The molecule has 0 saturated carbocycles. The van der Waals surface area contributed by atoms with Gasteiger partial charge in [0.1, 0.15) is 18.1 Å². The number of benzene rings is 4. The van der Waals surface area contributed by atoms with E-state index in [9.17, 15) is 4.79 Å². The highest BCUT2D eigenvalue weighted by Crippen LogP contribution is 2.42. The van der Waals surface area contributed by atoms with E-state index in [2.05, 4.69) is 12.1 Å². The van der Waals surface area contributed by atoms with Gasteiger partial charge in [-0.15, -0.1) is 0 Å². The van der Waals surface area contributed by atoms with Crippen molar-refractivity contribution >= 4 is 27.5 Å². The number of hydrogen-bond donors (Lipinski definition) is 0. The summed E-state index contributed by atoms with van der Waals surface area (Å²) in [6, 6.07) is 23.1. The number of ether oxygens (including phenoxy) is 7. The van der Waals surface area contributed by atoms with Gasteiger partial charge in [-0.25, -0.2) is 4.79 Å². The fourth-order valence-corrected chi connectivity index (χ4v) is 4.38. The SMILES string of the molecule is COc1c2ccccc2c(OC)c2cc(COCCOCCOCCOCCOC(=O)c3ccccc3)ccc12. The maximum absolute atomic E-state index is 11.8. The molecule has 8 nitrogen and oxygen atoms in total. The summed E-state index contributed by atoms with van der Waals surface area (Å²) in [6.07, 6.45) is 0. The second-order valence-electron chi connectivity index (χ2n) is 8.88. The highest BCUT2D eigenvalue weighted by atomic mass is 16.6. The lowest BCUT2D eigenvalue weighted by Crippen LogP contribution is -2.14. The lowest BCUT2D eigenvalue weighted by Gasteiger charge is -2.16. The molecule has 0 amide bonds. The Kier molecular flexibility index (Phi) is 11.6. The Labute approximate surface area is 234 Å². The van der Waals surface area contributed by atoms with Crippen LogP contribution in [0, 0.1) is 0 Å². The molecule has 0 spiro atoms. The zero-order chi connectivity index (χ0) is 28.0. The van der Waals surface area contributed by atoms with Gasteiger partial charge in [-0.3, -0.25) is 0 Å². The van der Waals surface area contributed by atoms with Crippen LogP contribution >= 0.6 is 0 Å². The number of fused-ring (bicyclic) bond motifs is 2. The molecular weight excluding hydrogens is 512 g/mol. The number of carbonyl (C=O) groups is 1. The minimum Gasteiger partial charge on any atom is -0.495 e. The molecule has 212 valence electrons. The molecule has 4 aromatic carbocycles. The van der Waals surface area contributed by atoms with Crippen LogP contribution < -0.4 is 9.47 Å². The number of carbonyl (C=O) groups excluding carboxylic acids is 1. The number of methoxy groups -OCH3 is 2. The minimum absolute atomic E-state index is 0.203. The second-order valence-corrected chi connectivity index (χ2v) is 8.88. The molecule has 0 fully saturated rings. The van der Waals surface area contributed by atoms with E-state index in [1.165, 1.54) is 0 Å². The van der Waals surface area contributed by atoms with Gasteiger partial charge in [0, 0.05) is 21.5 Å². The van der Waals surface area contributed by atoms with E-state index in [0.717, 1.165) is 38.6 Å². The number of esters is 1. The topological polar surface area (TPSA) is 81.7 Å². The van der Waals surface area contributed by atoms with Crippen LogP contribution in [-0.4, -0.2) is 73.0 Å². The average Bonchev–Trinajstić information content (AvgIpc) is 3.00. The third kappa shape index (κ3) is 7.92. The van der Waals surface area contributed by atoms with Gasteiger partial charge in [0.05, 0.1) is 72.6 Å². The van der Waals surface area contributed by atoms with E-state index in [1.807, 2.05) is 36.4 Å². The number of hydrogen-bond acceptors (Lipinski definition) is 8. The van der Waals surface area contributed by atoms with Gasteiger partial charge < -0.3 is 33.2 Å². The highest BCUT2D eigenvalue weighted by molar-refractivity contribution is 6.11. The fraction of sp³-hybridized carbons (Fsp3) is 0.344. The number of rotatable bonds is 17. The molecule has 0 aliphatic heterocycles. The first kappa shape index (κ1) is 29.3. The summed E-state index contributed by atoms with van der Waals surface area (Å²) in [5, 5.41) is 4.03. The predicted octanol–water partition coefficient (Wildman–Crippen LogP) is 5.43. The lowest BCUT2D eigenvalue weighted by molar-refractivity contribution is -0.0105. The second kappa shape index (κ2) is 15.8. The van der Waals surface area contributed by atoms with Crippen LogP contribution in [0.5, 0.6) is 11.5 Å². The largest absolute Gasteiger partial charge is 0.495 e. The molecule has 4 rings (SSSR count). The molecule has 0 N–H and O–H groups in total. The van der Waals surface area contributed by atoms with Crippen molar-refractivity contribution in [1.82, 2.24) is 0 Å². The fourth-order valence-electron chi connectivity index (χ4n) is 4.38. The third-order valence-electron chi connectivity index (χ3n) is 6.25. The van der Waals surface area contributed by atoms with Crippen LogP contribution in [0.2, 0.25) is 0 Å².